The van der Waals surface area contributed by atoms with Gasteiger partial charge in [0.15, 0.2) is 0 Å². The van der Waals surface area contributed by atoms with E-state index in [2.05, 4.69) is 18.3 Å². The first-order valence-electron chi connectivity index (χ1n) is 4.25. The van der Waals surface area contributed by atoms with E-state index in [1.54, 1.807) is 11.0 Å². The lowest BCUT2D eigenvalue weighted by Crippen LogP contribution is -2.33. The Kier molecular flexibility index (Phi) is 2.66. The summed E-state index contributed by atoms with van der Waals surface area (Å²) in [5.41, 5.74) is 1.32. The second-order valence-corrected chi connectivity index (χ2v) is 3.25. The van der Waals surface area contributed by atoms with Gasteiger partial charge in [-0.15, -0.1) is 0 Å². The van der Waals surface area contributed by atoms with E-state index in [1.807, 2.05) is 13.8 Å². The fourth-order valence-electron chi connectivity index (χ4n) is 1.35. The number of hydrogen-bond acceptors (Lipinski definition) is 2. The fraction of sp³-hybridized carbons (Fsp3) is 0.400. The topological polar surface area (TPSA) is 32.7 Å². The van der Waals surface area contributed by atoms with Gasteiger partial charge in [0.1, 0.15) is 0 Å². The number of carbonyl (C=O) groups excluding carboxylic acids is 1. The van der Waals surface area contributed by atoms with Crippen LogP contribution in [0.4, 0.5) is 0 Å². The Morgan fingerprint density at radius 1 is 1.62 bits per heavy atom. The predicted molar refractivity (Wildman–Crippen MR) is 53.6 cm³/mol. The first-order valence-corrected chi connectivity index (χ1v) is 4.25. The lowest BCUT2D eigenvalue weighted by molar-refractivity contribution is -0.126. The number of rotatable bonds is 3. The minimum atomic E-state index is 0.00685. The van der Waals surface area contributed by atoms with Crippen molar-refractivity contribution < 1.29 is 4.79 Å². The highest BCUT2D eigenvalue weighted by atomic mass is 16.2. The highest BCUT2D eigenvalue weighted by molar-refractivity contribution is 5.99. The molecule has 0 aliphatic carbocycles. The van der Waals surface area contributed by atoms with Crippen LogP contribution >= 0.6 is 0 Å². The third-order valence-electron chi connectivity index (χ3n) is 2.14. The third-order valence-corrected chi connectivity index (χ3v) is 2.14. The molecule has 1 aliphatic heterocycles. The summed E-state index contributed by atoms with van der Waals surface area (Å²) in [5.74, 6) is 0.00685. The summed E-state index contributed by atoms with van der Waals surface area (Å²) in [4.78, 5) is 17.2. The molecule has 1 aliphatic rings. The van der Waals surface area contributed by atoms with Gasteiger partial charge in [-0.05, 0) is 20.6 Å². The fourth-order valence-corrected chi connectivity index (χ4v) is 1.35. The highest BCUT2D eigenvalue weighted by Gasteiger charge is 2.29. The van der Waals surface area contributed by atoms with E-state index in [-0.39, 0.29) is 11.9 Å². The minimum absolute atomic E-state index is 0.00685. The maximum atomic E-state index is 11.7. The molecule has 0 unspecified atom stereocenters. The van der Waals surface area contributed by atoms with Crippen molar-refractivity contribution in [1.29, 1.82) is 0 Å². The zero-order valence-electron chi connectivity index (χ0n) is 8.08. The molecule has 3 heteroatoms. The lowest BCUT2D eigenvalue weighted by Gasteiger charge is -2.20. The van der Waals surface area contributed by atoms with Gasteiger partial charge in [-0.2, -0.15) is 0 Å². The van der Waals surface area contributed by atoms with Crippen LogP contribution in [0.25, 0.3) is 0 Å². The van der Waals surface area contributed by atoms with Crippen LogP contribution in [-0.2, 0) is 4.79 Å². The molecule has 1 heterocycles. The SMILES string of the molecule is C=CC1=C(N=C)CN(C(C)C)C1=O. The number of carbonyl (C=O) groups is 1. The van der Waals surface area contributed by atoms with E-state index >= 15 is 0 Å². The Morgan fingerprint density at radius 3 is 2.54 bits per heavy atom. The first kappa shape index (κ1) is 9.71. The van der Waals surface area contributed by atoms with Crippen LogP contribution in [0.1, 0.15) is 13.8 Å². The first-order chi connectivity index (χ1) is 6.11. The third kappa shape index (κ3) is 1.54. The summed E-state index contributed by atoms with van der Waals surface area (Å²) < 4.78 is 0. The van der Waals surface area contributed by atoms with Crippen molar-refractivity contribution in [1.82, 2.24) is 4.90 Å². The molecule has 0 fully saturated rings. The maximum Gasteiger partial charge on any atom is 0.256 e. The smallest absolute Gasteiger partial charge is 0.256 e. The average Bonchev–Trinajstić information content (AvgIpc) is 2.41. The monoisotopic (exact) mass is 178 g/mol. The van der Waals surface area contributed by atoms with E-state index in [1.165, 1.54) is 0 Å². The minimum Gasteiger partial charge on any atom is -0.330 e. The molecular formula is C10H14N2O. The largest absolute Gasteiger partial charge is 0.330 e. The van der Waals surface area contributed by atoms with E-state index in [0.29, 0.717) is 12.1 Å². The molecule has 0 bridgehead atoms. The Morgan fingerprint density at radius 2 is 2.23 bits per heavy atom. The maximum absolute atomic E-state index is 11.7. The molecular weight excluding hydrogens is 164 g/mol. The van der Waals surface area contributed by atoms with E-state index in [9.17, 15) is 4.79 Å². The van der Waals surface area contributed by atoms with Crippen LogP contribution in [0, 0.1) is 0 Å². The summed E-state index contributed by atoms with van der Waals surface area (Å²) >= 11 is 0. The molecule has 0 saturated carbocycles. The number of hydrogen-bond donors (Lipinski definition) is 0. The molecule has 0 aromatic carbocycles. The number of nitrogens with zero attached hydrogens (tertiary/aromatic N) is 2. The molecule has 3 nitrogen and oxygen atoms in total. The molecule has 70 valence electrons. The van der Waals surface area contributed by atoms with Crippen molar-refractivity contribution in [2.24, 2.45) is 4.99 Å². The molecule has 0 radical (unpaired) electrons. The van der Waals surface area contributed by atoms with Crippen molar-refractivity contribution in [2.75, 3.05) is 6.54 Å². The summed E-state index contributed by atoms with van der Waals surface area (Å²) in [7, 11) is 0. The molecule has 0 saturated heterocycles. The van der Waals surface area contributed by atoms with Crippen molar-refractivity contribution >= 4 is 12.6 Å². The second-order valence-electron chi connectivity index (χ2n) is 3.25. The van der Waals surface area contributed by atoms with Crippen molar-refractivity contribution in [3.05, 3.63) is 23.9 Å². The molecule has 1 amide bonds. The zero-order valence-corrected chi connectivity index (χ0v) is 8.08. The predicted octanol–water partition coefficient (Wildman–Crippen LogP) is 1.38. The van der Waals surface area contributed by atoms with Crippen LogP contribution in [-0.4, -0.2) is 30.1 Å². The van der Waals surface area contributed by atoms with E-state index in [4.69, 9.17) is 0 Å². The second kappa shape index (κ2) is 3.56. The summed E-state index contributed by atoms with van der Waals surface area (Å²) in [6.45, 7) is 11.5. The highest BCUT2D eigenvalue weighted by Crippen LogP contribution is 2.22. The Labute approximate surface area is 78.5 Å². The summed E-state index contributed by atoms with van der Waals surface area (Å²) in [5, 5.41) is 0. The molecule has 0 aromatic rings. The Hall–Kier alpha value is -1.38. The van der Waals surface area contributed by atoms with Gasteiger partial charge >= 0.3 is 0 Å². The number of aliphatic imine (C=N–C) groups is 1. The van der Waals surface area contributed by atoms with Crippen molar-refractivity contribution in [3.63, 3.8) is 0 Å². The standard InChI is InChI=1S/C10H14N2O/c1-5-8-9(11-4)6-12(7(2)3)10(8)13/h5,7H,1,4,6H2,2-3H3. The molecule has 13 heavy (non-hydrogen) atoms. The van der Waals surface area contributed by atoms with Crippen LogP contribution in [0.2, 0.25) is 0 Å². The molecule has 1 rings (SSSR count). The normalized spacial score (nSPS) is 17.2. The van der Waals surface area contributed by atoms with Gasteiger partial charge < -0.3 is 4.90 Å². The van der Waals surface area contributed by atoms with Gasteiger partial charge in [-0.25, -0.2) is 0 Å². The summed E-state index contributed by atoms with van der Waals surface area (Å²) in [6.07, 6.45) is 1.55. The quantitative estimate of drug-likeness (QED) is 0.601. The van der Waals surface area contributed by atoms with Gasteiger partial charge in [0.05, 0.1) is 17.8 Å². The Bertz CT molecular complexity index is 289. The van der Waals surface area contributed by atoms with Crippen LogP contribution in [0.3, 0.4) is 0 Å². The average molecular weight is 178 g/mol. The van der Waals surface area contributed by atoms with Crippen LogP contribution in [0.5, 0.6) is 0 Å². The molecule has 0 spiro atoms. The number of amides is 1. The van der Waals surface area contributed by atoms with E-state index in [0.717, 1.165) is 5.70 Å². The lowest BCUT2D eigenvalue weighted by atomic mass is 10.2. The van der Waals surface area contributed by atoms with Crippen LogP contribution < -0.4 is 0 Å². The van der Waals surface area contributed by atoms with Gasteiger partial charge in [0.2, 0.25) is 0 Å². The molecule has 0 atom stereocenters. The van der Waals surface area contributed by atoms with Crippen molar-refractivity contribution in [2.45, 2.75) is 19.9 Å². The molecule has 0 N–H and O–H groups in total. The molecule has 0 aromatic heterocycles. The van der Waals surface area contributed by atoms with E-state index < -0.39 is 0 Å². The van der Waals surface area contributed by atoms with Gasteiger partial charge in [0, 0.05) is 6.04 Å². The van der Waals surface area contributed by atoms with Gasteiger partial charge in [0.25, 0.3) is 5.91 Å². The van der Waals surface area contributed by atoms with Gasteiger partial charge in [-0.1, -0.05) is 12.7 Å². The summed E-state index contributed by atoms with van der Waals surface area (Å²) in [6, 6.07) is 0.196. The van der Waals surface area contributed by atoms with Gasteiger partial charge in [-0.3, -0.25) is 9.79 Å². The Balaban J connectivity index is 2.97. The van der Waals surface area contributed by atoms with Crippen molar-refractivity contribution in [3.8, 4) is 0 Å². The zero-order chi connectivity index (χ0) is 10.0. The van der Waals surface area contributed by atoms with Crippen LogP contribution in [0.15, 0.2) is 28.9 Å².